The van der Waals surface area contributed by atoms with Crippen molar-refractivity contribution in [2.75, 3.05) is 7.11 Å². The SMILES string of the molecule is COc1nc2ccccc2n2nc(-c3ccco3)nc12. The first-order chi connectivity index (χ1) is 9.86. The molecular weight excluding hydrogens is 256 g/mol. The van der Waals surface area contributed by atoms with Gasteiger partial charge in [-0.2, -0.15) is 4.98 Å². The van der Waals surface area contributed by atoms with Crippen molar-refractivity contribution in [2.45, 2.75) is 0 Å². The number of methoxy groups -OCH3 is 1. The van der Waals surface area contributed by atoms with Gasteiger partial charge in [0.2, 0.25) is 11.5 Å². The summed E-state index contributed by atoms with van der Waals surface area (Å²) in [4.78, 5) is 8.89. The van der Waals surface area contributed by atoms with Crippen LogP contribution in [0.15, 0.2) is 47.1 Å². The topological polar surface area (TPSA) is 65.5 Å². The van der Waals surface area contributed by atoms with E-state index in [1.54, 1.807) is 24.0 Å². The van der Waals surface area contributed by atoms with Crippen molar-refractivity contribution in [3.63, 3.8) is 0 Å². The molecule has 0 atom stereocenters. The lowest BCUT2D eigenvalue weighted by molar-refractivity contribution is 0.401. The largest absolute Gasteiger partial charge is 0.478 e. The Morgan fingerprint density at radius 3 is 2.80 bits per heavy atom. The minimum absolute atomic E-state index is 0.439. The molecule has 0 amide bonds. The van der Waals surface area contributed by atoms with E-state index >= 15 is 0 Å². The third kappa shape index (κ3) is 1.48. The molecule has 0 saturated carbocycles. The summed E-state index contributed by atoms with van der Waals surface area (Å²) in [6, 6.07) is 11.3. The van der Waals surface area contributed by atoms with Crippen LogP contribution in [0.3, 0.4) is 0 Å². The standard InChI is InChI=1S/C14H10N4O2/c1-19-14-13-16-12(11-7-4-8-20-11)17-18(13)10-6-3-2-5-9(10)15-14/h2-8H,1H3. The molecule has 0 aliphatic carbocycles. The number of hydrogen-bond donors (Lipinski definition) is 0. The molecular formula is C14H10N4O2. The number of fused-ring (bicyclic) bond motifs is 3. The second-order valence-electron chi connectivity index (χ2n) is 4.26. The summed E-state index contributed by atoms with van der Waals surface area (Å²) < 4.78 is 12.4. The van der Waals surface area contributed by atoms with Crippen LogP contribution in [0, 0.1) is 0 Å². The van der Waals surface area contributed by atoms with Crippen molar-refractivity contribution in [2.24, 2.45) is 0 Å². The van der Waals surface area contributed by atoms with E-state index in [-0.39, 0.29) is 0 Å². The van der Waals surface area contributed by atoms with E-state index in [0.29, 0.717) is 23.1 Å². The lowest BCUT2D eigenvalue weighted by Crippen LogP contribution is -1.97. The highest BCUT2D eigenvalue weighted by molar-refractivity contribution is 5.79. The average Bonchev–Trinajstić information content (AvgIpc) is 3.15. The number of aromatic nitrogens is 4. The van der Waals surface area contributed by atoms with Gasteiger partial charge in [0.25, 0.3) is 5.88 Å². The molecule has 0 saturated heterocycles. The molecule has 0 spiro atoms. The summed E-state index contributed by atoms with van der Waals surface area (Å²) in [5, 5.41) is 4.48. The third-order valence-electron chi connectivity index (χ3n) is 3.07. The molecule has 0 N–H and O–H groups in total. The number of furan rings is 1. The molecule has 3 heterocycles. The monoisotopic (exact) mass is 266 g/mol. The smallest absolute Gasteiger partial charge is 0.260 e. The quantitative estimate of drug-likeness (QED) is 0.558. The van der Waals surface area contributed by atoms with Gasteiger partial charge in [-0.1, -0.05) is 12.1 Å². The molecule has 6 nitrogen and oxygen atoms in total. The number of ether oxygens (including phenoxy) is 1. The van der Waals surface area contributed by atoms with Crippen molar-refractivity contribution < 1.29 is 9.15 Å². The summed E-state index contributed by atoms with van der Waals surface area (Å²) in [5.74, 6) is 1.56. The summed E-state index contributed by atoms with van der Waals surface area (Å²) in [6.45, 7) is 0. The molecule has 0 aliphatic heterocycles. The van der Waals surface area contributed by atoms with Gasteiger partial charge in [0.1, 0.15) is 0 Å². The normalized spacial score (nSPS) is 11.2. The van der Waals surface area contributed by atoms with Crippen LogP contribution in [0.1, 0.15) is 0 Å². The Bertz CT molecular complexity index is 896. The first-order valence-corrected chi connectivity index (χ1v) is 6.10. The second kappa shape index (κ2) is 4.06. The van der Waals surface area contributed by atoms with Crippen molar-refractivity contribution in [1.29, 1.82) is 0 Å². The minimum Gasteiger partial charge on any atom is -0.478 e. The van der Waals surface area contributed by atoms with Crippen LogP contribution in [0.2, 0.25) is 0 Å². The summed E-state index contributed by atoms with van der Waals surface area (Å²) in [6.07, 6.45) is 1.59. The zero-order valence-electron chi connectivity index (χ0n) is 10.6. The summed E-state index contributed by atoms with van der Waals surface area (Å²) >= 11 is 0. The first kappa shape index (κ1) is 11.0. The molecule has 0 bridgehead atoms. The molecule has 20 heavy (non-hydrogen) atoms. The number of benzene rings is 1. The maximum Gasteiger partial charge on any atom is 0.260 e. The molecule has 98 valence electrons. The van der Waals surface area contributed by atoms with Crippen molar-refractivity contribution >= 4 is 16.7 Å². The number of para-hydroxylation sites is 2. The Morgan fingerprint density at radius 2 is 2.00 bits per heavy atom. The number of nitrogens with zero attached hydrogens (tertiary/aromatic N) is 4. The zero-order valence-corrected chi connectivity index (χ0v) is 10.6. The Hall–Kier alpha value is -2.89. The van der Waals surface area contributed by atoms with Gasteiger partial charge in [0.15, 0.2) is 5.76 Å². The predicted molar refractivity (Wildman–Crippen MR) is 72.5 cm³/mol. The van der Waals surface area contributed by atoms with Gasteiger partial charge in [-0.3, -0.25) is 0 Å². The zero-order chi connectivity index (χ0) is 13.5. The average molecular weight is 266 g/mol. The van der Waals surface area contributed by atoms with Gasteiger partial charge in [-0.15, -0.1) is 5.10 Å². The van der Waals surface area contributed by atoms with E-state index in [1.807, 2.05) is 30.3 Å². The van der Waals surface area contributed by atoms with E-state index in [9.17, 15) is 0 Å². The van der Waals surface area contributed by atoms with E-state index in [2.05, 4.69) is 15.1 Å². The number of hydrogen-bond acceptors (Lipinski definition) is 5. The van der Waals surface area contributed by atoms with Crippen LogP contribution in [0.25, 0.3) is 28.3 Å². The van der Waals surface area contributed by atoms with Gasteiger partial charge in [0.05, 0.1) is 24.4 Å². The third-order valence-corrected chi connectivity index (χ3v) is 3.07. The molecule has 4 rings (SSSR count). The summed E-state index contributed by atoms with van der Waals surface area (Å²) in [7, 11) is 1.57. The molecule has 6 heteroatoms. The molecule has 0 fully saturated rings. The van der Waals surface area contributed by atoms with E-state index in [0.717, 1.165) is 11.0 Å². The molecule has 4 aromatic rings. The Labute approximate surface area is 113 Å². The van der Waals surface area contributed by atoms with Gasteiger partial charge < -0.3 is 9.15 Å². The van der Waals surface area contributed by atoms with Gasteiger partial charge in [0, 0.05) is 0 Å². The summed E-state index contributed by atoms with van der Waals surface area (Å²) in [5.41, 5.74) is 2.24. The highest BCUT2D eigenvalue weighted by atomic mass is 16.5. The minimum atomic E-state index is 0.439. The second-order valence-corrected chi connectivity index (χ2v) is 4.26. The van der Waals surface area contributed by atoms with E-state index < -0.39 is 0 Å². The maximum atomic E-state index is 5.34. The van der Waals surface area contributed by atoms with Gasteiger partial charge >= 0.3 is 0 Å². The van der Waals surface area contributed by atoms with Crippen molar-refractivity contribution in [1.82, 2.24) is 19.6 Å². The van der Waals surface area contributed by atoms with E-state index in [1.165, 1.54) is 0 Å². The lowest BCUT2D eigenvalue weighted by atomic mass is 10.3. The fourth-order valence-electron chi connectivity index (χ4n) is 2.16. The van der Waals surface area contributed by atoms with Crippen LogP contribution in [0.4, 0.5) is 0 Å². The Kier molecular flexibility index (Phi) is 2.23. The fraction of sp³-hybridized carbons (Fsp3) is 0.0714. The van der Waals surface area contributed by atoms with Crippen molar-refractivity contribution in [3.8, 4) is 17.5 Å². The molecule has 0 unspecified atom stereocenters. The fourth-order valence-corrected chi connectivity index (χ4v) is 2.16. The molecule has 0 radical (unpaired) electrons. The molecule has 1 aromatic carbocycles. The van der Waals surface area contributed by atoms with E-state index in [4.69, 9.17) is 9.15 Å². The van der Waals surface area contributed by atoms with Crippen molar-refractivity contribution in [3.05, 3.63) is 42.7 Å². The molecule has 0 aliphatic rings. The van der Waals surface area contributed by atoms with Gasteiger partial charge in [-0.25, -0.2) is 9.50 Å². The van der Waals surface area contributed by atoms with Crippen LogP contribution in [0.5, 0.6) is 5.88 Å². The van der Waals surface area contributed by atoms with Gasteiger partial charge in [-0.05, 0) is 24.3 Å². The molecule has 3 aromatic heterocycles. The van der Waals surface area contributed by atoms with Crippen LogP contribution in [-0.2, 0) is 0 Å². The van der Waals surface area contributed by atoms with Crippen LogP contribution < -0.4 is 4.74 Å². The van der Waals surface area contributed by atoms with Crippen LogP contribution in [-0.4, -0.2) is 26.7 Å². The lowest BCUT2D eigenvalue weighted by Gasteiger charge is -2.03. The highest BCUT2D eigenvalue weighted by Crippen LogP contribution is 2.24. The highest BCUT2D eigenvalue weighted by Gasteiger charge is 2.15. The van der Waals surface area contributed by atoms with Crippen LogP contribution >= 0.6 is 0 Å². The Balaban J connectivity index is 2.11. The Morgan fingerprint density at radius 1 is 1.10 bits per heavy atom. The first-order valence-electron chi connectivity index (χ1n) is 6.10. The maximum absolute atomic E-state index is 5.34. The predicted octanol–water partition coefficient (Wildman–Crippen LogP) is 2.55. The number of rotatable bonds is 2.